The highest BCUT2D eigenvalue weighted by Gasteiger charge is 2.24. The van der Waals surface area contributed by atoms with Gasteiger partial charge in [0, 0.05) is 43.0 Å². The van der Waals surface area contributed by atoms with Crippen LogP contribution < -0.4 is 10.0 Å². The lowest BCUT2D eigenvalue weighted by atomic mass is 10.1. The predicted octanol–water partition coefficient (Wildman–Crippen LogP) is 2.78. The second kappa shape index (κ2) is 10.1. The molecule has 1 saturated heterocycles. The lowest BCUT2D eigenvalue weighted by molar-refractivity contribution is -0.124. The molecule has 184 valence electrons. The summed E-state index contributed by atoms with van der Waals surface area (Å²) in [7, 11) is -3.73. The van der Waals surface area contributed by atoms with Gasteiger partial charge < -0.3 is 10.2 Å². The Kier molecular flexibility index (Phi) is 7.67. The number of hydrogen-bond acceptors (Lipinski definition) is 5. The number of amides is 2. The minimum Gasteiger partial charge on any atom is -0.350 e. The lowest BCUT2D eigenvalue weighted by Gasteiger charge is -2.35. The van der Waals surface area contributed by atoms with Gasteiger partial charge in [0.25, 0.3) is 15.9 Å². The summed E-state index contributed by atoms with van der Waals surface area (Å²) in [5.41, 5.74) is 2.15. The first-order valence-electron chi connectivity index (χ1n) is 11.4. The number of piperazine rings is 1. The van der Waals surface area contributed by atoms with Gasteiger partial charge in [-0.2, -0.15) is 0 Å². The van der Waals surface area contributed by atoms with Gasteiger partial charge in [0.2, 0.25) is 5.91 Å². The average molecular weight is 487 g/mol. The van der Waals surface area contributed by atoms with Crippen LogP contribution in [0.3, 0.4) is 0 Å². The topological polar surface area (TPSA) is 98.8 Å². The molecule has 1 aliphatic heterocycles. The number of sulfonamides is 1. The number of nitrogens with one attached hydrogen (secondary N) is 2. The van der Waals surface area contributed by atoms with Gasteiger partial charge in [0.05, 0.1) is 11.4 Å². The van der Waals surface area contributed by atoms with Crippen LogP contribution in [0, 0.1) is 13.8 Å². The van der Waals surface area contributed by atoms with E-state index in [1.165, 1.54) is 0 Å². The maximum Gasteiger partial charge on any atom is 0.262 e. The second-order valence-corrected chi connectivity index (χ2v) is 11.5. The quantitative estimate of drug-likeness (QED) is 0.654. The van der Waals surface area contributed by atoms with Crippen molar-refractivity contribution in [2.24, 2.45) is 0 Å². The van der Waals surface area contributed by atoms with Gasteiger partial charge in [-0.3, -0.25) is 19.2 Å². The summed E-state index contributed by atoms with van der Waals surface area (Å²) in [5, 5.41) is 2.95. The first-order chi connectivity index (χ1) is 15.8. The fourth-order valence-corrected chi connectivity index (χ4v) is 5.23. The highest BCUT2D eigenvalue weighted by atomic mass is 32.2. The molecule has 3 rings (SSSR count). The van der Waals surface area contributed by atoms with Crippen LogP contribution in [0.2, 0.25) is 0 Å². The molecule has 0 aromatic heterocycles. The summed E-state index contributed by atoms with van der Waals surface area (Å²) < 4.78 is 28.2. The Hall–Kier alpha value is -2.91. The third-order valence-electron chi connectivity index (χ3n) is 5.56. The van der Waals surface area contributed by atoms with Crippen LogP contribution in [-0.4, -0.2) is 68.3 Å². The number of hydrogen-bond donors (Lipinski definition) is 2. The number of nitrogens with zero attached hydrogens (tertiary/aromatic N) is 2. The SMILES string of the molecule is Cc1ccc(C)c(S(=O)(=O)Nc2ccc(C(=O)N3CCN(CC(=O)NC(C)(C)C)CC3)cc2)c1. The Morgan fingerprint density at radius 3 is 2.15 bits per heavy atom. The zero-order valence-electron chi connectivity index (χ0n) is 20.5. The van der Waals surface area contributed by atoms with Crippen molar-refractivity contribution in [2.45, 2.75) is 45.1 Å². The van der Waals surface area contributed by atoms with Crippen molar-refractivity contribution in [3.05, 3.63) is 59.2 Å². The maximum absolute atomic E-state index is 12.9. The molecular formula is C25H34N4O4S. The summed E-state index contributed by atoms with van der Waals surface area (Å²) in [6, 6.07) is 11.8. The molecule has 1 fully saturated rings. The summed E-state index contributed by atoms with van der Waals surface area (Å²) in [6.07, 6.45) is 0. The maximum atomic E-state index is 12.9. The Balaban J connectivity index is 1.57. The van der Waals surface area contributed by atoms with Gasteiger partial charge >= 0.3 is 0 Å². The van der Waals surface area contributed by atoms with Gasteiger partial charge in [-0.25, -0.2) is 8.42 Å². The monoisotopic (exact) mass is 486 g/mol. The van der Waals surface area contributed by atoms with Crippen LogP contribution in [0.4, 0.5) is 5.69 Å². The lowest BCUT2D eigenvalue weighted by Crippen LogP contribution is -2.52. The van der Waals surface area contributed by atoms with Crippen molar-refractivity contribution in [1.29, 1.82) is 0 Å². The fraction of sp³-hybridized carbons (Fsp3) is 0.440. The molecule has 1 aliphatic rings. The smallest absolute Gasteiger partial charge is 0.262 e. The normalized spacial score (nSPS) is 15.1. The summed E-state index contributed by atoms with van der Waals surface area (Å²) in [6.45, 7) is 12.1. The first-order valence-corrected chi connectivity index (χ1v) is 12.9. The number of anilines is 1. The highest BCUT2D eigenvalue weighted by molar-refractivity contribution is 7.92. The number of carbonyl (C=O) groups is 2. The molecule has 1 heterocycles. The number of carbonyl (C=O) groups excluding carboxylic acids is 2. The van der Waals surface area contributed by atoms with Crippen molar-refractivity contribution in [2.75, 3.05) is 37.4 Å². The molecule has 9 heteroatoms. The van der Waals surface area contributed by atoms with Crippen LogP contribution in [0.1, 0.15) is 42.3 Å². The van der Waals surface area contributed by atoms with Crippen LogP contribution in [0.5, 0.6) is 0 Å². The van der Waals surface area contributed by atoms with Crippen LogP contribution >= 0.6 is 0 Å². The van der Waals surface area contributed by atoms with Crippen molar-refractivity contribution in [3.63, 3.8) is 0 Å². The van der Waals surface area contributed by atoms with E-state index in [-0.39, 0.29) is 22.2 Å². The van der Waals surface area contributed by atoms with E-state index < -0.39 is 10.0 Å². The standard InChI is InChI=1S/C25H34N4O4S/c1-18-6-7-19(2)22(16-18)34(32,33)27-21-10-8-20(9-11-21)24(31)29-14-12-28(13-15-29)17-23(30)26-25(3,4)5/h6-11,16,27H,12-15,17H2,1-5H3,(H,26,30). The third-order valence-corrected chi connectivity index (χ3v) is 7.08. The fourth-order valence-electron chi connectivity index (χ4n) is 3.84. The van der Waals surface area contributed by atoms with Gasteiger partial charge in [-0.15, -0.1) is 0 Å². The van der Waals surface area contributed by atoms with E-state index in [0.717, 1.165) is 5.56 Å². The summed E-state index contributed by atoms with van der Waals surface area (Å²) in [5.74, 6) is -0.131. The largest absolute Gasteiger partial charge is 0.350 e. The molecular weight excluding hydrogens is 452 g/mol. The van der Waals surface area contributed by atoms with E-state index in [9.17, 15) is 18.0 Å². The van der Waals surface area contributed by atoms with E-state index in [1.807, 2.05) is 38.7 Å². The van der Waals surface area contributed by atoms with Crippen LogP contribution in [0.15, 0.2) is 47.4 Å². The van der Waals surface area contributed by atoms with Gasteiger partial charge in [-0.1, -0.05) is 12.1 Å². The Labute approximate surface area is 202 Å². The predicted molar refractivity (Wildman–Crippen MR) is 133 cm³/mol. The van der Waals surface area contributed by atoms with Crippen LogP contribution in [0.25, 0.3) is 0 Å². The molecule has 0 aliphatic carbocycles. The van der Waals surface area contributed by atoms with Gasteiger partial charge in [0.15, 0.2) is 0 Å². The van der Waals surface area contributed by atoms with Crippen molar-refractivity contribution >= 4 is 27.5 Å². The second-order valence-electron chi connectivity index (χ2n) is 9.82. The minimum absolute atomic E-state index is 0.0221. The Morgan fingerprint density at radius 2 is 1.56 bits per heavy atom. The molecule has 0 saturated carbocycles. The minimum atomic E-state index is -3.73. The third kappa shape index (κ3) is 6.80. The number of aryl methyl sites for hydroxylation is 2. The van der Waals surface area contributed by atoms with Crippen molar-refractivity contribution in [1.82, 2.24) is 15.1 Å². The summed E-state index contributed by atoms with van der Waals surface area (Å²) in [4.78, 5) is 29.1. The zero-order chi connectivity index (χ0) is 25.1. The van der Waals surface area contributed by atoms with E-state index in [0.29, 0.717) is 49.5 Å². The molecule has 0 spiro atoms. The van der Waals surface area contributed by atoms with Crippen molar-refractivity contribution < 1.29 is 18.0 Å². The van der Waals surface area contributed by atoms with E-state index in [1.54, 1.807) is 48.2 Å². The summed E-state index contributed by atoms with van der Waals surface area (Å²) >= 11 is 0. The van der Waals surface area contributed by atoms with E-state index in [2.05, 4.69) is 10.0 Å². The molecule has 2 N–H and O–H groups in total. The first kappa shape index (κ1) is 25.7. The highest BCUT2D eigenvalue weighted by Crippen LogP contribution is 2.21. The van der Waals surface area contributed by atoms with Crippen molar-refractivity contribution in [3.8, 4) is 0 Å². The Bertz CT molecular complexity index is 1150. The molecule has 0 atom stereocenters. The molecule has 2 aromatic carbocycles. The number of rotatable bonds is 6. The van der Waals surface area contributed by atoms with E-state index in [4.69, 9.17) is 0 Å². The van der Waals surface area contributed by atoms with Crippen LogP contribution in [-0.2, 0) is 14.8 Å². The molecule has 0 bridgehead atoms. The Morgan fingerprint density at radius 1 is 0.941 bits per heavy atom. The molecule has 2 aromatic rings. The molecule has 2 amide bonds. The number of benzene rings is 2. The van der Waals surface area contributed by atoms with E-state index >= 15 is 0 Å². The van der Waals surface area contributed by atoms with Gasteiger partial charge in [-0.05, 0) is 76.1 Å². The van der Waals surface area contributed by atoms with Gasteiger partial charge in [0.1, 0.15) is 0 Å². The molecule has 0 unspecified atom stereocenters. The molecule has 8 nitrogen and oxygen atoms in total. The zero-order valence-corrected chi connectivity index (χ0v) is 21.3. The molecule has 34 heavy (non-hydrogen) atoms. The average Bonchev–Trinajstić information content (AvgIpc) is 2.74. The molecule has 0 radical (unpaired) electrons.